The van der Waals surface area contributed by atoms with Crippen LogP contribution in [0.25, 0.3) is 99.1 Å². The molecule has 1 aromatic heterocycles. The summed E-state index contributed by atoms with van der Waals surface area (Å²) in [6.07, 6.45) is 0. The van der Waals surface area contributed by atoms with Crippen LogP contribution in [0.2, 0.25) is 0 Å². The average molecular weight is 816 g/mol. The Morgan fingerprint density at radius 2 is 0.641 bits per heavy atom. The molecule has 0 aliphatic rings. The van der Waals surface area contributed by atoms with E-state index in [4.69, 9.17) is 4.42 Å². The van der Waals surface area contributed by atoms with Gasteiger partial charge in [0.2, 0.25) is 0 Å². The minimum Gasteiger partial charge on any atom is -0.455 e. The lowest BCUT2D eigenvalue weighted by Gasteiger charge is -2.26. The molecule has 300 valence electrons. The lowest BCUT2D eigenvalue weighted by molar-refractivity contribution is 0.670. The van der Waals surface area contributed by atoms with Crippen molar-refractivity contribution in [2.75, 3.05) is 4.90 Å². The highest BCUT2D eigenvalue weighted by Gasteiger charge is 2.17. The van der Waals surface area contributed by atoms with Crippen molar-refractivity contribution in [2.45, 2.75) is 0 Å². The molecule has 12 rings (SSSR count). The third-order valence-corrected chi connectivity index (χ3v) is 12.7. The number of para-hydroxylation sites is 2. The molecule has 0 saturated carbocycles. The second-order valence-electron chi connectivity index (χ2n) is 16.5. The van der Waals surface area contributed by atoms with Crippen molar-refractivity contribution in [3.05, 3.63) is 249 Å². The summed E-state index contributed by atoms with van der Waals surface area (Å²) in [5.41, 5.74) is 16.9. The zero-order valence-electron chi connectivity index (χ0n) is 35.0. The second-order valence-corrected chi connectivity index (χ2v) is 16.5. The molecule has 64 heavy (non-hydrogen) atoms. The van der Waals surface area contributed by atoms with E-state index in [1.165, 1.54) is 66.1 Å². The Morgan fingerprint density at radius 1 is 0.250 bits per heavy atom. The van der Waals surface area contributed by atoms with Crippen molar-refractivity contribution in [2.24, 2.45) is 0 Å². The molecule has 0 atom stereocenters. The molecule has 0 radical (unpaired) electrons. The van der Waals surface area contributed by atoms with Gasteiger partial charge >= 0.3 is 0 Å². The largest absolute Gasteiger partial charge is 0.455 e. The molecule has 12 aromatic rings. The summed E-state index contributed by atoms with van der Waals surface area (Å²) < 4.78 is 6.43. The Kier molecular flexibility index (Phi) is 9.20. The van der Waals surface area contributed by atoms with Gasteiger partial charge in [0, 0.05) is 33.4 Å². The maximum Gasteiger partial charge on any atom is 0.143 e. The monoisotopic (exact) mass is 815 g/mol. The first-order valence-corrected chi connectivity index (χ1v) is 21.9. The van der Waals surface area contributed by atoms with Gasteiger partial charge in [0.25, 0.3) is 0 Å². The summed E-state index contributed by atoms with van der Waals surface area (Å²) in [5, 5.41) is 7.28. The Morgan fingerprint density at radius 3 is 1.25 bits per heavy atom. The van der Waals surface area contributed by atoms with Crippen molar-refractivity contribution in [3.63, 3.8) is 0 Å². The molecule has 11 aromatic carbocycles. The molecule has 2 nitrogen and oxygen atoms in total. The Labute approximate surface area is 372 Å². The molecule has 0 saturated heterocycles. The lowest BCUT2D eigenvalue weighted by atomic mass is 9.94. The number of furan rings is 1. The molecule has 0 fully saturated rings. The minimum absolute atomic E-state index is 0.904. The predicted molar refractivity (Wildman–Crippen MR) is 271 cm³/mol. The number of anilines is 3. The maximum absolute atomic E-state index is 6.43. The number of nitrogens with zero attached hydrogens (tertiary/aromatic N) is 1. The average Bonchev–Trinajstić information content (AvgIpc) is 3.76. The Bertz CT molecular complexity index is 3630. The van der Waals surface area contributed by atoms with Crippen molar-refractivity contribution < 1.29 is 4.42 Å². The standard InChI is InChI=1S/C62H41NO/c1-3-17-54-45(11-1)13-8-20-56(54)47-31-37-52(38-32-47)63(53-39-33-48(34-40-53)58-22-10-23-60-59-19-5-6-24-61(59)64-62(58)60)51-35-29-43(30-36-51)42-25-27-44(28-26-42)49-15-7-16-50(41-49)57-21-9-14-46-12-2-4-18-55(46)57/h1-41H. The van der Waals surface area contributed by atoms with E-state index in [9.17, 15) is 0 Å². The van der Waals surface area contributed by atoms with Crippen molar-refractivity contribution in [1.29, 1.82) is 0 Å². The Hall–Kier alpha value is -8.46. The van der Waals surface area contributed by atoms with Gasteiger partial charge in [-0.25, -0.2) is 0 Å². The summed E-state index contributed by atoms with van der Waals surface area (Å²) in [4.78, 5) is 2.34. The Balaban J connectivity index is 0.876. The fourth-order valence-electron chi connectivity index (χ4n) is 9.48. The lowest BCUT2D eigenvalue weighted by Crippen LogP contribution is -2.09. The second kappa shape index (κ2) is 15.8. The van der Waals surface area contributed by atoms with Crippen LogP contribution in [0.1, 0.15) is 0 Å². The SMILES string of the molecule is c1cc(-c2ccc(-c3ccc(N(c4ccc(-c5cccc6ccccc56)cc4)c4ccc(-c5cccc6c5oc5ccccc56)cc4)cc3)cc2)cc(-c2cccc3ccccc23)c1. The van der Waals surface area contributed by atoms with Crippen LogP contribution in [0.3, 0.4) is 0 Å². The molecule has 1 heterocycles. The quantitative estimate of drug-likeness (QED) is 0.152. The molecule has 0 amide bonds. The predicted octanol–water partition coefficient (Wildman–Crippen LogP) is 17.7. The van der Waals surface area contributed by atoms with Crippen LogP contribution < -0.4 is 4.90 Å². The van der Waals surface area contributed by atoms with Gasteiger partial charge in [0.1, 0.15) is 11.2 Å². The van der Waals surface area contributed by atoms with Gasteiger partial charge in [0.05, 0.1) is 0 Å². The number of hydrogen-bond acceptors (Lipinski definition) is 2. The topological polar surface area (TPSA) is 16.4 Å². The van der Waals surface area contributed by atoms with Crippen LogP contribution in [-0.2, 0) is 0 Å². The van der Waals surface area contributed by atoms with Gasteiger partial charge in [-0.2, -0.15) is 0 Å². The van der Waals surface area contributed by atoms with Crippen LogP contribution in [0.5, 0.6) is 0 Å². The zero-order valence-corrected chi connectivity index (χ0v) is 35.0. The van der Waals surface area contributed by atoms with E-state index in [0.29, 0.717) is 0 Å². The number of benzene rings is 11. The molecule has 0 aliphatic carbocycles. The summed E-state index contributed by atoms with van der Waals surface area (Å²) in [7, 11) is 0. The van der Waals surface area contributed by atoms with Gasteiger partial charge in [-0.05, 0) is 120 Å². The fraction of sp³-hybridized carbons (Fsp3) is 0. The fourth-order valence-corrected chi connectivity index (χ4v) is 9.48. The van der Waals surface area contributed by atoms with Gasteiger partial charge in [-0.1, -0.05) is 200 Å². The first-order valence-electron chi connectivity index (χ1n) is 21.9. The maximum atomic E-state index is 6.43. The normalized spacial score (nSPS) is 11.4. The van der Waals surface area contributed by atoms with Crippen molar-refractivity contribution in [1.82, 2.24) is 0 Å². The third-order valence-electron chi connectivity index (χ3n) is 12.7. The number of fused-ring (bicyclic) bond motifs is 5. The van der Waals surface area contributed by atoms with Crippen LogP contribution in [0.4, 0.5) is 17.1 Å². The van der Waals surface area contributed by atoms with Crippen LogP contribution >= 0.6 is 0 Å². The van der Waals surface area contributed by atoms with E-state index in [1.807, 2.05) is 12.1 Å². The van der Waals surface area contributed by atoms with E-state index >= 15 is 0 Å². The van der Waals surface area contributed by atoms with Crippen molar-refractivity contribution in [3.8, 4) is 55.6 Å². The number of rotatable bonds is 8. The third kappa shape index (κ3) is 6.70. The van der Waals surface area contributed by atoms with Crippen molar-refractivity contribution >= 4 is 60.5 Å². The molecule has 0 N–H and O–H groups in total. The van der Waals surface area contributed by atoms with E-state index in [-0.39, 0.29) is 0 Å². The molecule has 0 bridgehead atoms. The first kappa shape index (κ1) is 37.3. The van der Waals surface area contributed by atoms with E-state index in [2.05, 4.69) is 241 Å². The highest BCUT2D eigenvalue weighted by atomic mass is 16.3. The zero-order chi connectivity index (χ0) is 42.4. The summed E-state index contributed by atoms with van der Waals surface area (Å²) in [6, 6.07) is 89.6. The molecule has 2 heteroatoms. The summed E-state index contributed by atoms with van der Waals surface area (Å²) in [6.45, 7) is 0. The van der Waals surface area contributed by atoms with Gasteiger partial charge in [-0.3, -0.25) is 0 Å². The first-order chi connectivity index (χ1) is 31.7. The highest BCUT2D eigenvalue weighted by molar-refractivity contribution is 6.09. The van der Waals surface area contributed by atoms with Gasteiger partial charge in [-0.15, -0.1) is 0 Å². The van der Waals surface area contributed by atoms with E-state index < -0.39 is 0 Å². The van der Waals surface area contributed by atoms with Gasteiger partial charge < -0.3 is 9.32 Å². The molecule has 0 aliphatic heterocycles. The number of hydrogen-bond donors (Lipinski definition) is 0. The molecule has 0 spiro atoms. The summed E-state index contributed by atoms with van der Waals surface area (Å²) >= 11 is 0. The van der Waals surface area contributed by atoms with Crippen LogP contribution in [-0.4, -0.2) is 0 Å². The molecule has 0 unspecified atom stereocenters. The van der Waals surface area contributed by atoms with Gasteiger partial charge in [0.15, 0.2) is 0 Å². The highest BCUT2D eigenvalue weighted by Crippen LogP contribution is 2.41. The van der Waals surface area contributed by atoms with E-state index in [1.54, 1.807) is 0 Å². The minimum atomic E-state index is 0.904. The smallest absolute Gasteiger partial charge is 0.143 e. The van der Waals surface area contributed by atoms with Crippen LogP contribution in [0.15, 0.2) is 253 Å². The molecular weight excluding hydrogens is 775 g/mol. The molecular formula is C62H41NO. The van der Waals surface area contributed by atoms with Crippen LogP contribution in [0, 0.1) is 0 Å². The van der Waals surface area contributed by atoms with E-state index in [0.717, 1.165) is 50.1 Å². The summed E-state index contributed by atoms with van der Waals surface area (Å²) in [5.74, 6) is 0.